The van der Waals surface area contributed by atoms with Gasteiger partial charge in [0.05, 0.1) is 23.0 Å². The first-order chi connectivity index (χ1) is 12.3. The molecule has 0 saturated carbocycles. The molecular weight excluding hydrogens is 382 g/mol. The number of amides is 3. The number of carbonyl (C=O) groups is 3. The SMILES string of the molecule is O=C1CC2(C(=O)N1)C(=O)N(Cc1ccc(Cl)c(Cl)c1)c1ccc(F)cc12. The zero-order valence-electron chi connectivity index (χ0n) is 13.2. The summed E-state index contributed by atoms with van der Waals surface area (Å²) >= 11 is 11.9. The molecule has 132 valence electrons. The van der Waals surface area contributed by atoms with Crippen LogP contribution in [-0.4, -0.2) is 17.7 Å². The molecule has 1 N–H and O–H groups in total. The molecule has 1 saturated heterocycles. The van der Waals surface area contributed by atoms with Crippen LogP contribution in [0.4, 0.5) is 10.1 Å². The smallest absolute Gasteiger partial charge is 0.248 e. The number of hydrogen-bond acceptors (Lipinski definition) is 3. The third kappa shape index (κ3) is 2.33. The molecule has 2 aliphatic heterocycles. The maximum atomic E-state index is 13.8. The summed E-state index contributed by atoms with van der Waals surface area (Å²) in [4.78, 5) is 38.7. The van der Waals surface area contributed by atoms with Gasteiger partial charge in [0.2, 0.25) is 17.7 Å². The third-order valence-electron chi connectivity index (χ3n) is 4.71. The summed E-state index contributed by atoms with van der Waals surface area (Å²) in [5.41, 5.74) is -0.437. The molecule has 2 aliphatic rings. The van der Waals surface area contributed by atoms with Crippen LogP contribution in [0.15, 0.2) is 36.4 Å². The highest BCUT2D eigenvalue weighted by Crippen LogP contribution is 2.47. The largest absolute Gasteiger partial charge is 0.306 e. The van der Waals surface area contributed by atoms with E-state index < -0.39 is 29.0 Å². The minimum absolute atomic E-state index is 0.109. The van der Waals surface area contributed by atoms with Gasteiger partial charge >= 0.3 is 0 Å². The number of rotatable bonds is 2. The van der Waals surface area contributed by atoms with Gasteiger partial charge < -0.3 is 4.90 Å². The van der Waals surface area contributed by atoms with Crippen molar-refractivity contribution in [2.75, 3.05) is 4.90 Å². The van der Waals surface area contributed by atoms with E-state index in [9.17, 15) is 18.8 Å². The Morgan fingerprint density at radius 1 is 1.08 bits per heavy atom. The number of imide groups is 1. The van der Waals surface area contributed by atoms with E-state index in [1.807, 2.05) is 0 Å². The second-order valence-electron chi connectivity index (χ2n) is 6.26. The second kappa shape index (κ2) is 5.79. The van der Waals surface area contributed by atoms with Gasteiger partial charge in [-0.05, 0) is 35.9 Å². The molecule has 3 amide bonds. The standard InChI is InChI=1S/C18H11Cl2FN2O3/c19-12-3-1-9(5-13(12)20)8-23-14-4-2-10(21)6-11(14)18(17(23)26)7-15(24)22-16(18)25/h1-6H,7-8H2,(H,22,24,25). The van der Waals surface area contributed by atoms with Crippen molar-refractivity contribution in [1.82, 2.24) is 5.32 Å². The Morgan fingerprint density at radius 3 is 2.50 bits per heavy atom. The minimum Gasteiger partial charge on any atom is -0.306 e. The fourth-order valence-electron chi connectivity index (χ4n) is 3.51. The zero-order valence-corrected chi connectivity index (χ0v) is 14.7. The fourth-order valence-corrected chi connectivity index (χ4v) is 3.83. The van der Waals surface area contributed by atoms with Crippen molar-refractivity contribution in [3.63, 3.8) is 0 Å². The Bertz CT molecular complexity index is 994. The molecule has 0 bridgehead atoms. The molecule has 26 heavy (non-hydrogen) atoms. The molecule has 4 rings (SSSR count). The first-order valence-electron chi connectivity index (χ1n) is 7.73. The van der Waals surface area contributed by atoms with Crippen molar-refractivity contribution in [2.45, 2.75) is 18.4 Å². The molecule has 1 fully saturated rings. The third-order valence-corrected chi connectivity index (χ3v) is 5.45. The van der Waals surface area contributed by atoms with Crippen LogP contribution >= 0.6 is 23.2 Å². The van der Waals surface area contributed by atoms with Crippen LogP contribution in [0.3, 0.4) is 0 Å². The zero-order chi connectivity index (χ0) is 18.6. The molecular formula is C18H11Cl2FN2O3. The molecule has 2 aromatic carbocycles. The molecule has 1 unspecified atom stereocenters. The lowest BCUT2D eigenvalue weighted by molar-refractivity contribution is -0.133. The average Bonchev–Trinajstić information content (AvgIpc) is 3.01. The summed E-state index contributed by atoms with van der Waals surface area (Å²) in [5.74, 6) is -2.43. The van der Waals surface area contributed by atoms with Crippen LogP contribution in [0.25, 0.3) is 0 Å². The van der Waals surface area contributed by atoms with Crippen LogP contribution in [0, 0.1) is 5.82 Å². The van der Waals surface area contributed by atoms with Crippen molar-refractivity contribution in [1.29, 1.82) is 0 Å². The Kier molecular flexibility index (Phi) is 3.78. The summed E-state index contributed by atoms with van der Waals surface area (Å²) in [6.45, 7) is 0.109. The van der Waals surface area contributed by atoms with Gasteiger partial charge in [0.25, 0.3) is 0 Å². The Labute approximate surface area is 157 Å². The van der Waals surface area contributed by atoms with Gasteiger partial charge in [-0.3, -0.25) is 19.7 Å². The van der Waals surface area contributed by atoms with E-state index in [1.165, 1.54) is 17.0 Å². The molecule has 5 nitrogen and oxygen atoms in total. The van der Waals surface area contributed by atoms with Crippen molar-refractivity contribution >= 4 is 46.6 Å². The topological polar surface area (TPSA) is 66.5 Å². The molecule has 2 heterocycles. The maximum absolute atomic E-state index is 13.8. The summed E-state index contributed by atoms with van der Waals surface area (Å²) in [7, 11) is 0. The highest BCUT2D eigenvalue weighted by Gasteiger charge is 2.61. The first kappa shape index (κ1) is 17.0. The van der Waals surface area contributed by atoms with E-state index in [0.717, 1.165) is 6.07 Å². The number of benzene rings is 2. The fraction of sp³-hybridized carbons (Fsp3) is 0.167. The van der Waals surface area contributed by atoms with E-state index >= 15 is 0 Å². The van der Waals surface area contributed by atoms with E-state index in [4.69, 9.17) is 23.2 Å². The molecule has 0 aromatic heterocycles. The molecule has 8 heteroatoms. The number of halogens is 3. The van der Waals surface area contributed by atoms with Gasteiger partial charge in [0.1, 0.15) is 5.82 Å². The van der Waals surface area contributed by atoms with Crippen LogP contribution in [-0.2, 0) is 26.3 Å². The predicted molar refractivity (Wildman–Crippen MR) is 93.5 cm³/mol. The van der Waals surface area contributed by atoms with E-state index in [-0.39, 0.29) is 18.5 Å². The van der Waals surface area contributed by atoms with Crippen molar-refractivity contribution in [3.8, 4) is 0 Å². The Hall–Kier alpha value is -2.44. The van der Waals surface area contributed by atoms with Gasteiger partial charge in [-0.25, -0.2) is 4.39 Å². The Balaban J connectivity index is 1.82. The normalized spacial score (nSPS) is 21.5. The second-order valence-corrected chi connectivity index (χ2v) is 7.08. The molecule has 1 spiro atoms. The summed E-state index contributed by atoms with van der Waals surface area (Å²) in [6.07, 6.45) is -0.334. The highest BCUT2D eigenvalue weighted by molar-refractivity contribution is 6.42. The van der Waals surface area contributed by atoms with Gasteiger partial charge in [0.15, 0.2) is 5.41 Å². The quantitative estimate of drug-likeness (QED) is 0.630. The number of nitrogens with zero attached hydrogens (tertiary/aromatic N) is 1. The van der Waals surface area contributed by atoms with Gasteiger partial charge in [-0.2, -0.15) is 0 Å². The number of hydrogen-bond donors (Lipinski definition) is 1. The number of anilines is 1. The van der Waals surface area contributed by atoms with Crippen molar-refractivity contribution in [3.05, 3.63) is 63.4 Å². The van der Waals surface area contributed by atoms with E-state index in [2.05, 4.69) is 5.32 Å². The van der Waals surface area contributed by atoms with E-state index in [1.54, 1.807) is 18.2 Å². The lowest BCUT2D eigenvalue weighted by atomic mass is 9.80. The van der Waals surface area contributed by atoms with E-state index in [0.29, 0.717) is 21.3 Å². The van der Waals surface area contributed by atoms with Crippen molar-refractivity contribution < 1.29 is 18.8 Å². The summed E-state index contributed by atoms with van der Waals surface area (Å²) in [5, 5.41) is 2.86. The number of carbonyl (C=O) groups excluding carboxylic acids is 3. The van der Waals surface area contributed by atoms with Crippen LogP contribution in [0.1, 0.15) is 17.5 Å². The Morgan fingerprint density at radius 2 is 1.85 bits per heavy atom. The average molecular weight is 393 g/mol. The molecule has 0 aliphatic carbocycles. The molecule has 0 radical (unpaired) electrons. The van der Waals surface area contributed by atoms with Crippen LogP contribution < -0.4 is 10.2 Å². The predicted octanol–water partition coefficient (Wildman–Crippen LogP) is 2.96. The minimum atomic E-state index is -1.72. The first-order valence-corrected chi connectivity index (χ1v) is 8.49. The van der Waals surface area contributed by atoms with Crippen LogP contribution in [0.2, 0.25) is 10.0 Å². The lowest BCUT2D eigenvalue weighted by Gasteiger charge is -2.21. The molecule has 2 aromatic rings. The summed E-state index contributed by atoms with van der Waals surface area (Å²) < 4.78 is 13.8. The van der Waals surface area contributed by atoms with Gasteiger partial charge in [0, 0.05) is 11.3 Å². The number of nitrogens with one attached hydrogen (secondary N) is 1. The highest BCUT2D eigenvalue weighted by atomic mass is 35.5. The maximum Gasteiger partial charge on any atom is 0.248 e. The van der Waals surface area contributed by atoms with Gasteiger partial charge in [-0.1, -0.05) is 29.3 Å². The molecule has 1 atom stereocenters. The summed E-state index contributed by atoms with van der Waals surface area (Å²) in [6, 6.07) is 8.71. The lowest BCUT2D eigenvalue weighted by Crippen LogP contribution is -2.45. The van der Waals surface area contributed by atoms with Crippen LogP contribution in [0.5, 0.6) is 0 Å². The van der Waals surface area contributed by atoms with Gasteiger partial charge in [-0.15, -0.1) is 0 Å². The number of fused-ring (bicyclic) bond motifs is 2. The monoisotopic (exact) mass is 392 g/mol. The van der Waals surface area contributed by atoms with Crippen molar-refractivity contribution in [2.24, 2.45) is 0 Å².